The topological polar surface area (TPSA) is 49.8 Å². The summed E-state index contributed by atoms with van der Waals surface area (Å²) in [6.45, 7) is 1.94. The van der Waals surface area contributed by atoms with Crippen molar-refractivity contribution in [1.82, 2.24) is 0 Å². The zero-order chi connectivity index (χ0) is 21.3. The second kappa shape index (κ2) is 8.30. The lowest BCUT2D eigenvalue weighted by molar-refractivity contribution is -0.137. The fraction of sp³-hybridized carbons (Fsp3) is 0.435. The van der Waals surface area contributed by atoms with Crippen molar-refractivity contribution in [2.24, 2.45) is 5.92 Å². The summed E-state index contributed by atoms with van der Waals surface area (Å²) >= 11 is 0. The molecule has 2 atom stereocenters. The largest absolute Gasteiger partial charge is 0.478 e. The molecule has 30 heavy (non-hydrogen) atoms. The second-order valence-corrected chi connectivity index (χ2v) is 8.19. The highest BCUT2D eigenvalue weighted by molar-refractivity contribution is 5.88. The third kappa shape index (κ3) is 4.78. The quantitative estimate of drug-likeness (QED) is 0.671. The molecule has 160 valence electrons. The number of carboxylic acids is 1. The van der Waals surface area contributed by atoms with E-state index in [1.165, 1.54) is 12.8 Å². The molecule has 4 nitrogen and oxygen atoms in total. The molecule has 2 aromatic carbocycles. The van der Waals surface area contributed by atoms with Gasteiger partial charge in [-0.25, -0.2) is 4.79 Å². The lowest BCUT2D eigenvalue weighted by Crippen LogP contribution is -2.33. The van der Waals surface area contributed by atoms with Crippen molar-refractivity contribution in [2.75, 3.05) is 24.7 Å². The van der Waals surface area contributed by atoms with E-state index < -0.39 is 17.7 Å². The number of nitrogens with zero attached hydrogens (tertiary/aromatic N) is 1. The molecule has 2 aliphatic rings. The Bertz CT molecular complexity index is 876. The Morgan fingerprint density at radius 1 is 1.03 bits per heavy atom. The van der Waals surface area contributed by atoms with Crippen molar-refractivity contribution in [3.05, 3.63) is 65.2 Å². The Morgan fingerprint density at radius 2 is 1.70 bits per heavy atom. The standard InChI is InChI=1S/C23H24F3NO3/c24-23(25,26)19-7-3-16(4-8-19)18-11-21(14-30-13-15-1-2-15)27(12-18)20-9-5-17(6-10-20)22(28)29/h3-10,15,18,21H,1-2,11-14H2,(H,28,29)/t18?,21-/m0/s1. The van der Waals surface area contributed by atoms with Gasteiger partial charge in [0.25, 0.3) is 0 Å². The van der Waals surface area contributed by atoms with Gasteiger partial charge < -0.3 is 14.7 Å². The van der Waals surface area contributed by atoms with Crippen LogP contribution in [-0.2, 0) is 10.9 Å². The van der Waals surface area contributed by atoms with E-state index in [0.717, 1.165) is 36.4 Å². The molecule has 0 radical (unpaired) electrons. The summed E-state index contributed by atoms with van der Waals surface area (Å²) < 4.78 is 44.5. The van der Waals surface area contributed by atoms with Crippen LogP contribution in [0, 0.1) is 5.92 Å². The van der Waals surface area contributed by atoms with Gasteiger partial charge in [0.15, 0.2) is 0 Å². The van der Waals surface area contributed by atoms with E-state index in [1.807, 2.05) is 0 Å². The summed E-state index contributed by atoms with van der Waals surface area (Å²) in [4.78, 5) is 13.3. The number of rotatable bonds is 7. The molecule has 4 rings (SSSR count). The average Bonchev–Trinajstić information content (AvgIpc) is 3.45. The molecule has 1 aliphatic carbocycles. The molecular formula is C23H24F3NO3. The van der Waals surface area contributed by atoms with E-state index >= 15 is 0 Å². The van der Waals surface area contributed by atoms with Crippen LogP contribution in [-0.4, -0.2) is 36.9 Å². The first kappa shape index (κ1) is 20.7. The lowest BCUT2D eigenvalue weighted by Gasteiger charge is -2.27. The molecule has 1 saturated heterocycles. The molecule has 1 heterocycles. The SMILES string of the molecule is O=C(O)c1ccc(N2CC(c3ccc(C(F)(F)F)cc3)C[C@H]2COCC2CC2)cc1. The summed E-state index contributed by atoms with van der Waals surface area (Å²) in [7, 11) is 0. The van der Waals surface area contributed by atoms with Gasteiger partial charge in [0.1, 0.15) is 0 Å². The molecule has 2 fully saturated rings. The first-order valence-electron chi connectivity index (χ1n) is 10.2. The zero-order valence-corrected chi connectivity index (χ0v) is 16.4. The molecular weight excluding hydrogens is 395 g/mol. The van der Waals surface area contributed by atoms with Crippen LogP contribution < -0.4 is 4.90 Å². The Balaban J connectivity index is 1.51. The van der Waals surface area contributed by atoms with Crippen molar-refractivity contribution >= 4 is 11.7 Å². The van der Waals surface area contributed by atoms with Gasteiger partial charge in [-0.3, -0.25) is 0 Å². The maximum Gasteiger partial charge on any atom is 0.416 e. The molecule has 0 amide bonds. The summed E-state index contributed by atoms with van der Waals surface area (Å²) in [5.41, 5.74) is 1.35. The zero-order valence-electron chi connectivity index (χ0n) is 16.4. The number of anilines is 1. The molecule has 1 saturated carbocycles. The number of hydrogen-bond donors (Lipinski definition) is 1. The lowest BCUT2D eigenvalue weighted by atomic mass is 9.95. The molecule has 1 aliphatic heterocycles. The van der Waals surface area contributed by atoms with Crippen LogP contribution in [0.15, 0.2) is 48.5 Å². The Morgan fingerprint density at radius 3 is 2.27 bits per heavy atom. The minimum absolute atomic E-state index is 0.0842. The van der Waals surface area contributed by atoms with Gasteiger partial charge >= 0.3 is 12.1 Å². The number of carboxylic acid groups (broad SMARTS) is 1. The maximum atomic E-state index is 12.9. The van der Waals surface area contributed by atoms with Crippen LogP contribution in [0.25, 0.3) is 0 Å². The second-order valence-electron chi connectivity index (χ2n) is 8.19. The van der Waals surface area contributed by atoms with E-state index in [1.54, 1.807) is 36.4 Å². The van der Waals surface area contributed by atoms with Crippen LogP contribution in [0.1, 0.15) is 46.7 Å². The Kier molecular flexibility index (Phi) is 5.73. The van der Waals surface area contributed by atoms with Gasteiger partial charge in [-0.05, 0) is 67.1 Å². The molecule has 0 bridgehead atoms. The molecule has 1 N–H and O–H groups in total. The van der Waals surface area contributed by atoms with E-state index in [4.69, 9.17) is 9.84 Å². The van der Waals surface area contributed by atoms with Crippen LogP contribution in [0.4, 0.5) is 18.9 Å². The smallest absolute Gasteiger partial charge is 0.416 e. The minimum atomic E-state index is -4.34. The number of benzene rings is 2. The number of carbonyl (C=O) groups is 1. The van der Waals surface area contributed by atoms with Gasteiger partial charge in [-0.1, -0.05) is 12.1 Å². The third-order valence-corrected chi connectivity index (χ3v) is 5.93. The number of hydrogen-bond acceptors (Lipinski definition) is 3. The molecule has 2 aromatic rings. The number of alkyl halides is 3. The number of aromatic carboxylic acids is 1. The van der Waals surface area contributed by atoms with E-state index in [-0.39, 0.29) is 17.5 Å². The Labute approximate surface area is 173 Å². The first-order chi connectivity index (χ1) is 14.3. The average molecular weight is 419 g/mol. The van der Waals surface area contributed by atoms with Crippen LogP contribution in [0.5, 0.6) is 0 Å². The van der Waals surface area contributed by atoms with Crippen LogP contribution in [0.3, 0.4) is 0 Å². The summed E-state index contributed by atoms with van der Waals surface area (Å²) in [6, 6.07) is 12.2. The number of ether oxygens (including phenoxy) is 1. The monoisotopic (exact) mass is 419 g/mol. The summed E-state index contributed by atoms with van der Waals surface area (Å²) in [6.07, 6.45) is -1.15. The fourth-order valence-corrected chi connectivity index (χ4v) is 4.03. The maximum absolute atomic E-state index is 12.9. The van der Waals surface area contributed by atoms with Gasteiger partial charge in [0.05, 0.1) is 23.8 Å². The van der Waals surface area contributed by atoms with E-state index in [9.17, 15) is 18.0 Å². The molecule has 0 aromatic heterocycles. The van der Waals surface area contributed by atoms with Crippen molar-refractivity contribution in [2.45, 2.75) is 37.4 Å². The van der Waals surface area contributed by atoms with Crippen molar-refractivity contribution in [3.8, 4) is 0 Å². The highest BCUT2D eigenvalue weighted by Crippen LogP contribution is 2.37. The Hall–Kier alpha value is -2.54. The molecule has 0 spiro atoms. The van der Waals surface area contributed by atoms with Crippen LogP contribution in [0.2, 0.25) is 0 Å². The molecule has 7 heteroatoms. The predicted molar refractivity (Wildman–Crippen MR) is 107 cm³/mol. The van der Waals surface area contributed by atoms with Gasteiger partial charge in [-0.15, -0.1) is 0 Å². The normalized spacial score (nSPS) is 21.8. The molecule has 1 unspecified atom stereocenters. The third-order valence-electron chi connectivity index (χ3n) is 5.93. The van der Waals surface area contributed by atoms with E-state index in [0.29, 0.717) is 19.1 Å². The first-order valence-corrected chi connectivity index (χ1v) is 10.2. The summed E-state index contributed by atoms with van der Waals surface area (Å²) in [5, 5.41) is 9.12. The highest BCUT2D eigenvalue weighted by atomic mass is 19.4. The predicted octanol–water partition coefficient (Wildman–Crippen LogP) is 5.19. The van der Waals surface area contributed by atoms with Gasteiger partial charge in [0, 0.05) is 24.8 Å². The van der Waals surface area contributed by atoms with Crippen molar-refractivity contribution < 1.29 is 27.8 Å². The van der Waals surface area contributed by atoms with Gasteiger partial charge in [0.2, 0.25) is 0 Å². The fourth-order valence-electron chi connectivity index (χ4n) is 4.03. The summed E-state index contributed by atoms with van der Waals surface area (Å²) in [5.74, 6) is -0.240. The van der Waals surface area contributed by atoms with E-state index in [2.05, 4.69) is 4.90 Å². The van der Waals surface area contributed by atoms with Crippen LogP contribution >= 0.6 is 0 Å². The van der Waals surface area contributed by atoms with Crippen molar-refractivity contribution in [1.29, 1.82) is 0 Å². The highest BCUT2D eigenvalue weighted by Gasteiger charge is 2.35. The minimum Gasteiger partial charge on any atom is -0.478 e. The van der Waals surface area contributed by atoms with Crippen molar-refractivity contribution in [3.63, 3.8) is 0 Å². The number of halogens is 3. The van der Waals surface area contributed by atoms with Gasteiger partial charge in [-0.2, -0.15) is 13.2 Å².